The summed E-state index contributed by atoms with van der Waals surface area (Å²) in [5.74, 6) is 0. The van der Waals surface area contributed by atoms with Crippen molar-refractivity contribution >= 4 is 101 Å². The second-order valence-corrected chi connectivity index (χ2v) is 21.6. The summed E-state index contributed by atoms with van der Waals surface area (Å²) >= 11 is 1.75. The van der Waals surface area contributed by atoms with Gasteiger partial charge in [-0.3, -0.25) is 0 Å². The molecule has 1 heterocycles. The fraction of sp³-hybridized carbons (Fsp3) is 0.381. The van der Waals surface area contributed by atoms with Gasteiger partial charge in [-0.1, -0.05) is 30.3 Å². The molecule has 34 heavy (non-hydrogen) atoms. The van der Waals surface area contributed by atoms with Crippen LogP contribution >= 0.6 is 82.1 Å². The van der Waals surface area contributed by atoms with Gasteiger partial charge in [0.2, 0.25) is 0 Å². The van der Waals surface area contributed by atoms with E-state index < -0.39 is 8.80 Å². The van der Waals surface area contributed by atoms with Crippen LogP contribution in [-0.2, 0) is 19.7 Å². The summed E-state index contributed by atoms with van der Waals surface area (Å²) in [5.41, 5.74) is 2.40. The number of fused-ring (bicyclic) bond motifs is 1. The molecule has 2 aromatic carbocycles. The molecule has 0 N–H and O–H groups in total. The van der Waals surface area contributed by atoms with Crippen molar-refractivity contribution in [1.29, 1.82) is 0 Å². The first kappa shape index (κ1) is 29.4. The molecule has 3 rings (SSSR count). The van der Waals surface area contributed by atoms with Crippen LogP contribution in [0.15, 0.2) is 57.8 Å². The maximum absolute atomic E-state index is 6.02. The van der Waals surface area contributed by atoms with Gasteiger partial charge in [0.1, 0.15) is 0 Å². The van der Waals surface area contributed by atoms with Gasteiger partial charge in [0.15, 0.2) is 4.34 Å². The molecule has 0 fully saturated rings. The van der Waals surface area contributed by atoms with Crippen LogP contribution in [-0.4, -0.2) is 33.6 Å². The number of hydrogen-bond acceptors (Lipinski definition) is 12. The standard InChI is InChI=1S/C21H27NO3S8Si/c1-4-23-34(24-5-2,25-6-3)16-15-17-11-7-9-13-19(17)27-29-31-33-32-30-28-21-22-18-12-8-10-14-20(18)26-21/h7-14H,4-6,15-16H2,1-3H3. The molecular weight excluding hydrogens is 599 g/mol. The highest BCUT2D eigenvalue weighted by molar-refractivity contribution is 9.46. The van der Waals surface area contributed by atoms with Crippen molar-refractivity contribution in [3.63, 3.8) is 0 Å². The third kappa shape index (κ3) is 9.64. The van der Waals surface area contributed by atoms with Crippen molar-refractivity contribution in [2.45, 2.75) is 42.5 Å². The predicted octanol–water partition coefficient (Wildman–Crippen LogP) is 9.93. The van der Waals surface area contributed by atoms with Crippen molar-refractivity contribution < 1.29 is 13.3 Å². The lowest BCUT2D eigenvalue weighted by Crippen LogP contribution is -2.46. The average molecular weight is 626 g/mol. The van der Waals surface area contributed by atoms with Gasteiger partial charge in [-0.15, -0.1) is 11.3 Å². The Morgan fingerprint density at radius 2 is 1.38 bits per heavy atom. The van der Waals surface area contributed by atoms with E-state index in [1.54, 1.807) is 71.3 Å². The zero-order valence-electron chi connectivity index (χ0n) is 19.1. The zero-order chi connectivity index (χ0) is 24.1. The summed E-state index contributed by atoms with van der Waals surface area (Å²) in [6.07, 6.45) is 0.886. The van der Waals surface area contributed by atoms with E-state index in [-0.39, 0.29) is 0 Å². The molecule has 186 valence electrons. The molecule has 0 saturated carbocycles. The quantitative estimate of drug-likeness (QED) is 0.0817. The lowest BCUT2D eigenvalue weighted by molar-refractivity contribution is 0.0714. The van der Waals surface area contributed by atoms with Gasteiger partial charge < -0.3 is 13.3 Å². The van der Waals surface area contributed by atoms with E-state index in [0.29, 0.717) is 19.8 Å². The van der Waals surface area contributed by atoms with Gasteiger partial charge in [0, 0.05) is 30.8 Å². The van der Waals surface area contributed by atoms with Crippen LogP contribution in [0.2, 0.25) is 6.04 Å². The average Bonchev–Trinajstić information content (AvgIpc) is 3.26. The van der Waals surface area contributed by atoms with E-state index in [2.05, 4.69) is 47.4 Å². The molecule has 0 spiro atoms. The highest BCUT2D eigenvalue weighted by atomic mass is 33.9. The first-order chi connectivity index (χ1) is 16.7. The molecule has 3 aromatic rings. The third-order valence-corrected chi connectivity index (χ3v) is 21.6. The lowest BCUT2D eigenvalue weighted by Gasteiger charge is -2.28. The van der Waals surface area contributed by atoms with Crippen molar-refractivity contribution in [1.82, 2.24) is 4.98 Å². The third-order valence-electron chi connectivity index (χ3n) is 4.38. The fourth-order valence-electron chi connectivity index (χ4n) is 3.09. The minimum absolute atomic E-state index is 0.610. The molecule has 13 heteroatoms. The predicted molar refractivity (Wildman–Crippen MR) is 165 cm³/mol. The zero-order valence-corrected chi connectivity index (χ0v) is 26.6. The van der Waals surface area contributed by atoms with Crippen molar-refractivity contribution in [3.8, 4) is 0 Å². The number of rotatable bonds is 17. The summed E-state index contributed by atoms with van der Waals surface area (Å²) in [6.45, 7) is 7.84. The van der Waals surface area contributed by atoms with E-state index >= 15 is 0 Å². The van der Waals surface area contributed by atoms with Crippen LogP contribution in [0, 0.1) is 0 Å². The SMILES string of the molecule is CCO[Si](CCc1ccccc1SSSSSSSc1nc2ccccc2s1)(OCC)OCC. The van der Waals surface area contributed by atoms with Crippen LogP contribution in [0.3, 0.4) is 0 Å². The summed E-state index contributed by atoms with van der Waals surface area (Å²) < 4.78 is 20.4. The van der Waals surface area contributed by atoms with E-state index in [0.717, 1.165) is 22.3 Å². The monoisotopic (exact) mass is 625 g/mol. The Labute approximate surface area is 233 Å². The van der Waals surface area contributed by atoms with E-state index in [4.69, 9.17) is 13.3 Å². The topological polar surface area (TPSA) is 40.6 Å². The maximum atomic E-state index is 6.02. The number of nitrogens with zero attached hydrogens (tertiary/aromatic N) is 1. The Morgan fingerprint density at radius 1 is 0.765 bits per heavy atom. The number of benzene rings is 2. The molecule has 0 radical (unpaired) electrons. The van der Waals surface area contributed by atoms with Gasteiger partial charge in [0.05, 0.1) is 10.2 Å². The molecule has 0 saturated heterocycles. The number of thiazole rings is 1. The van der Waals surface area contributed by atoms with E-state index in [9.17, 15) is 0 Å². The molecule has 0 amide bonds. The Morgan fingerprint density at radius 3 is 2.09 bits per heavy atom. The number of aryl methyl sites for hydroxylation is 1. The molecule has 0 aliphatic rings. The normalized spacial score (nSPS) is 12.0. The Hall–Kier alpha value is 0.877. The highest BCUT2D eigenvalue weighted by Crippen LogP contribution is 2.57. The molecule has 0 aliphatic carbocycles. The number of aromatic nitrogens is 1. The fourth-order valence-corrected chi connectivity index (χ4v) is 21.1. The molecule has 0 unspecified atom stereocenters. The summed E-state index contributed by atoms with van der Waals surface area (Å²) in [7, 11) is 9.80. The first-order valence-electron chi connectivity index (χ1n) is 10.7. The molecule has 4 nitrogen and oxygen atoms in total. The van der Waals surface area contributed by atoms with Crippen LogP contribution in [0.1, 0.15) is 26.3 Å². The first-order valence-corrected chi connectivity index (χ1v) is 22.3. The van der Waals surface area contributed by atoms with Crippen molar-refractivity contribution in [3.05, 3.63) is 54.1 Å². The molecular formula is C21H27NO3S8Si. The van der Waals surface area contributed by atoms with E-state index in [1.807, 2.05) is 37.6 Å². The van der Waals surface area contributed by atoms with Crippen LogP contribution in [0.4, 0.5) is 0 Å². The second-order valence-electron chi connectivity index (χ2n) is 6.54. The van der Waals surface area contributed by atoms with Gasteiger partial charge >= 0.3 is 8.80 Å². The maximum Gasteiger partial charge on any atom is 0.501 e. The van der Waals surface area contributed by atoms with Crippen molar-refractivity contribution in [2.75, 3.05) is 19.8 Å². The smallest absolute Gasteiger partial charge is 0.374 e. The summed E-state index contributed by atoms with van der Waals surface area (Å²) in [6, 6.07) is 17.7. The minimum atomic E-state index is -2.63. The van der Waals surface area contributed by atoms with Gasteiger partial charge in [0.25, 0.3) is 0 Å². The number of hydrogen-bond donors (Lipinski definition) is 0. The summed E-state index contributed by atoms with van der Waals surface area (Å²) in [4.78, 5) is 5.95. The highest BCUT2D eigenvalue weighted by Gasteiger charge is 2.40. The van der Waals surface area contributed by atoms with Crippen LogP contribution < -0.4 is 0 Å². The number of para-hydroxylation sites is 1. The van der Waals surface area contributed by atoms with Gasteiger partial charge in [-0.2, -0.15) is 0 Å². The van der Waals surface area contributed by atoms with Crippen LogP contribution in [0.5, 0.6) is 0 Å². The van der Waals surface area contributed by atoms with E-state index in [1.165, 1.54) is 15.2 Å². The molecule has 0 bridgehead atoms. The largest absolute Gasteiger partial charge is 0.501 e. The summed E-state index contributed by atoms with van der Waals surface area (Å²) in [5, 5.41) is 0. The lowest BCUT2D eigenvalue weighted by atomic mass is 10.2. The van der Waals surface area contributed by atoms with Gasteiger partial charge in [-0.25, -0.2) is 4.98 Å². The molecule has 0 aliphatic heterocycles. The van der Waals surface area contributed by atoms with Gasteiger partial charge in [-0.05, 0) is 122 Å². The second kappa shape index (κ2) is 16.7. The Bertz CT molecular complexity index is 945. The molecule has 1 aromatic heterocycles. The Kier molecular flexibility index (Phi) is 14.4. The minimum Gasteiger partial charge on any atom is -0.374 e. The molecule has 0 atom stereocenters. The van der Waals surface area contributed by atoms with Crippen LogP contribution in [0.25, 0.3) is 10.2 Å². The Balaban J connectivity index is 1.40. The van der Waals surface area contributed by atoms with Crippen molar-refractivity contribution in [2.24, 2.45) is 0 Å².